The molecule has 1 N–H and O–H groups in total. The highest BCUT2D eigenvalue weighted by atomic mass is 32.1. The maximum absolute atomic E-state index is 14.9. The van der Waals surface area contributed by atoms with Gasteiger partial charge in [0.15, 0.2) is 0 Å². The van der Waals surface area contributed by atoms with Crippen molar-refractivity contribution in [1.82, 2.24) is 5.32 Å². The second-order valence-corrected chi connectivity index (χ2v) is 10.0. The molecule has 33 heavy (non-hydrogen) atoms. The van der Waals surface area contributed by atoms with Gasteiger partial charge in [0.25, 0.3) is 6.43 Å². The molecule has 0 bridgehead atoms. The van der Waals surface area contributed by atoms with E-state index in [-0.39, 0.29) is 36.8 Å². The molecule has 1 amide bonds. The van der Waals surface area contributed by atoms with Crippen LogP contribution >= 0.6 is 12.2 Å². The average Bonchev–Trinajstić information content (AvgIpc) is 3.03. The minimum Gasteiger partial charge on any atom is -0.460 e. The van der Waals surface area contributed by atoms with E-state index in [2.05, 4.69) is 17.5 Å². The summed E-state index contributed by atoms with van der Waals surface area (Å²) in [5, 5.41) is 2.37. The third kappa shape index (κ3) is 5.02. The van der Waals surface area contributed by atoms with Crippen LogP contribution in [-0.2, 0) is 14.3 Å². The number of hydrogen-bond donors (Lipinski definition) is 1. The Bertz CT molecular complexity index is 959. The summed E-state index contributed by atoms with van der Waals surface area (Å²) in [6, 6.07) is 4.47. The summed E-state index contributed by atoms with van der Waals surface area (Å²) in [6.45, 7) is 6.66. The molecule has 2 saturated heterocycles. The molecule has 0 radical (unpaired) electrons. The van der Waals surface area contributed by atoms with Crippen LogP contribution < -0.4 is 15.1 Å². The van der Waals surface area contributed by atoms with Crippen LogP contribution in [0.1, 0.15) is 20.8 Å². The number of cyclic esters (lactones) is 1. The standard InChI is InChI=1S/C22H26F3N3O4S/c1-22(2,3)32-20(29)17-13-9-27(10-14(13)17)16-5-4-11(6-15(16)23)28-8-12(31-21(28)30)7-26-19(33)18(24)25/h4-6,12-14,17-18H,7-10H2,1-3H3,(H,26,33). The molecule has 3 fully saturated rings. The summed E-state index contributed by atoms with van der Waals surface area (Å²) in [5.74, 6) is -0.513. The van der Waals surface area contributed by atoms with Gasteiger partial charge in [0, 0.05) is 13.1 Å². The second kappa shape index (κ2) is 8.66. The first-order chi connectivity index (χ1) is 15.4. The molecule has 0 spiro atoms. The summed E-state index contributed by atoms with van der Waals surface area (Å²) in [6.07, 6.45) is -4.15. The fourth-order valence-corrected chi connectivity index (χ4v) is 4.58. The van der Waals surface area contributed by atoms with E-state index < -0.39 is 35.0 Å². The van der Waals surface area contributed by atoms with Crippen molar-refractivity contribution in [3.8, 4) is 0 Å². The van der Waals surface area contributed by atoms with Crippen LogP contribution in [-0.4, -0.2) is 61.4 Å². The number of carbonyl (C=O) groups excluding carboxylic acids is 2. The number of carbonyl (C=O) groups is 2. The summed E-state index contributed by atoms with van der Waals surface area (Å²) < 4.78 is 50.5. The average molecular weight is 486 g/mol. The van der Waals surface area contributed by atoms with E-state index in [0.717, 1.165) is 0 Å². The maximum Gasteiger partial charge on any atom is 0.414 e. The number of esters is 1. The summed E-state index contributed by atoms with van der Waals surface area (Å²) in [7, 11) is 0. The number of nitrogens with one attached hydrogen (secondary N) is 1. The van der Waals surface area contributed by atoms with Crippen molar-refractivity contribution in [2.24, 2.45) is 17.8 Å². The predicted octanol–water partition coefficient (Wildman–Crippen LogP) is 3.36. The number of thiocarbonyl (C=S) groups is 1. The SMILES string of the molecule is CC(C)(C)OC(=O)C1C2CN(c3ccc(N4CC(CNC(=S)C(F)F)OC4=O)cc3F)CC21. The van der Waals surface area contributed by atoms with E-state index in [9.17, 15) is 22.8 Å². The molecule has 2 heterocycles. The first-order valence-electron chi connectivity index (χ1n) is 10.8. The Labute approximate surface area is 195 Å². The fourth-order valence-electron chi connectivity index (χ4n) is 4.49. The molecular weight excluding hydrogens is 459 g/mol. The van der Waals surface area contributed by atoms with Crippen LogP contribution in [0.25, 0.3) is 0 Å². The van der Waals surface area contributed by atoms with E-state index in [4.69, 9.17) is 9.47 Å². The van der Waals surface area contributed by atoms with Gasteiger partial charge >= 0.3 is 12.1 Å². The van der Waals surface area contributed by atoms with Crippen molar-refractivity contribution >= 4 is 40.6 Å². The summed E-state index contributed by atoms with van der Waals surface area (Å²) in [5.41, 5.74) is 0.189. The molecule has 1 saturated carbocycles. The number of rotatable bonds is 6. The van der Waals surface area contributed by atoms with Crippen LogP contribution in [0.2, 0.25) is 0 Å². The van der Waals surface area contributed by atoms with E-state index >= 15 is 0 Å². The Morgan fingerprint density at radius 3 is 2.52 bits per heavy atom. The van der Waals surface area contributed by atoms with E-state index in [0.29, 0.717) is 24.5 Å². The Balaban J connectivity index is 1.34. The quantitative estimate of drug-likeness (QED) is 0.490. The van der Waals surface area contributed by atoms with Crippen LogP contribution in [0, 0.1) is 23.6 Å². The lowest BCUT2D eigenvalue weighted by Gasteiger charge is -2.25. The predicted molar refractivity (Wildman–Crippen MR) is 119 cm³/mol. The molecule has 3 atom stereocenters. The number of anilines is 2. The molecule has 2 aliphatic heterocycles. The highest BCUT2D eigenvalue weighted by molar-refractivity contribution is 7.80. The lowest BCUT2D eigenvalue weighted by atomic mass is 10.1. The zero-order chi connectivity index (χ0) is 24.1. The molecule has 1 aliphatic carbocycles. The second-order valence-electron chi connectivity index (χ2n) is 9.59. The molecule has 1 aromatic rings. The molecular formula is C22H26F3N3O4S. The Morgan fingerprint density at radius 1 is 1.27 bits per heavy atom. The first-order valence-corrected chi connectivity index (χ1v) is 11.2. The van der Waals surface area contributed by atoms with Crippen molar-refractivity contribution in [3.63, 3.8) is 0 Å². The summed E-state index contributed by atoms with van der Waals surface area (Å²) >= 11 is 4.51. The maximum atomic E-state index is 14.9. The number of ether oxygens (including phenoxy) is 2. The highest BCUT2D eigenvalue weighted by Gasteiger charge is 2.61. The Hall–Kier alpha value is -2.56. The van der Waals surface area contributed by atoms with Crippen LogP contribution in [0.4, 0.5) is 29.3 Å². The zero-order valence-corrected chi connectivity index (χ0v) is 19.3. The molecule has 7 nitrogen and oxygen atoms in total. The molecule has 4 rings (SSSR count). The minimum absolute atomic E-state index is 0.0542. The van der Waals surface area contributed by atoms with Gasteiger partial charge in [-0.3, -0.25) is 9.69 Å². The van der Waals surface area contributed by atoms with Gasteiger partial charge in [0.05, 0.1) is 30.4 Å². The topological polar surface area (TPSA) is 71.1 Å². The Kier molecular flexibility index (Phi) is 6.19. The number of halogens is 3. The summed E-state index contributed by atoms with van der Waals surface area (Å²) in [4.78, 5) is 27.0. The van der Waals surface area contributed by atoms with Crippen LogP contribution in [0.15, 0.2) is 18.2 Å². The highest BCUT2D eigenvalue weighted by Crippen LogP contribution is 2.53. The van der Waals surface area contributed by atoms with Crippen LogP contribution in [0.3, 0.4) is 0 Å². The molecule has 0 aromatic heterocycles. The third-order valence-electron chi connectivity index (χ3n) is 6.03. The number of fused-ring (bicyclic) bond motifs is 1. The molecule has 3 aliphatic rings. The monoisotopic (exact) mass is 485 g/mol. The normalized spacial score (nSPS) is 26.3. The van der Waals surface area contributed by atoms with Crippen molar-refractivity contribution in [1.29, 1.82) is 0 Å². The van der Waals surface area contributed by atoms with Gasteiger partial charge in [-0.1, -0.05) is 12.2 Å². The van der Waals surface area contributed by atoms with E-state index in [1.807, 2.05) is 25.7 Å². The molecule has 3 unspecified atom stereocenters. The van der Waals surface area contributed by atoms with Crippen LogP contribution in [0.5, 0.6) is 0 Å². The van der Waals surface area contributed by atoms with Gasteiger partial charge < -0.3 is 19.7 Å². The van der Waals surface area contributed by atoms with Crippen molar-refractivity contribution in [3.05, 3.63) is 24.0 Å². The molecule has 11 heteroatoms. The number of amides is 1. The van der Waals surface area contributed by atoms with E-state index in [1.165, 1.54) is 11.0 Å². The largest absolute Gasteiger partial charge is 0.460 e. The molecule has 180 valence electrons. The van der Waals surface area contributed by atoms with Gasteiger partial charge in [0.2, 0.25) is 0 Å². The zero-order valence-electron chi connectivity index (χ0n) is 18.5. The Morgan fingerprint density at radius 2 is 1.94 bits per heavy atom. The number of nitrogens with zero attached hydrogens (tertiary/aromatic N) is 2. The smallest absolute Gasteiger partial charge is 0.414 e. The number of hydrogen-bond acceptors (Lipinski definition) is 6. The van der Waals surface area contributed by atoms with Gasteiger partial charge in [-0.2, -0.15) is 0 Å². The van der Waals surface area contributed by atoms with Crippen molar-refractivity contribution in [2.75, 3.05) is 36.0 Å². The minimum atomic E-state index is -2.79. The van der Waals surface area contributed by atoms with Crippen molar-refractivity contribution in [2.45, 2.75) is 38.9 Å². The lowest BCUT2D eigenvalue weighted by molar-refractivity contribution is -0.157. The van der Waals surface area contributed by atoms with Gasteiger partial charge in [0.1, 0.15) is 22.5 Å². The van der Waals surface area contributed by atoms with E-state index in [1.54, 1.807) is 12.1 Å². The van der Waals surface area contributed by atoms with Gasteiger partial charge in [-0.05, 0) is 50.8 Å². The van der Waals surface area contributed by atoms with Gasteiger partial charge in [-0.15, -0.1) is 0 Å². The van der Waals surface area contributed by atoms with Crippen molar-refractivity contribution < 1.29 is 32.2 Å². The number of alkyl halides is 2. The number of benzene rings is 1. The third-order valence-corrected chi connectivity index (χ3v) is 6.36. The van der Waals surface area contributed by atoms with Gasteiger partial charge in [-0.25, -0.2) is 18.0 Å². The molecule has 1 aromatic carbocycles. The lowest BCUT2D eigenvalue weighted by Crippen LogP contribution is -2.36. The fraction of sp³-hybridized carbons (Fsp3) is 0.591. The first kappa shape index (κ1) is 23.6. The number of piperidine rings is 1.